The van der Waals surface area contributed by atoms with Crippen molar-refractivity contribution in [1.29, 1.82) is 0 Å². The van der Waals surface area contributed by atoms with Gasteiger partial charge in [-0.15, -0.1) is 0 Å². The van der Waals surface area contributed by atoms with Crippen LogP contribution in [0.3, 0.4) is 0 Å². The monoisotopic (exact) mass is 288 g/mol. The maximum absolute atomic E-state index is 12.7. The molecule has 1 nitrogen and oxygen atoms in total. The zero-order valence-electron chi connectivity index (χ0n) is 5.73. The highest BCUT2D eigenvalue weighted by Gasteiger charge is 2.06. The molecule has 0 aliphatic heterocycles. The van der Waals surface area contributed by atoms with Gasteiger partial charge in [0.05, 0.1) is 0 Å². The minimum absolute atomic E-state index is 0.164. The standard InChI is InChI=1S/C7H4F3IO/c8-5-3-4(12-7(9)10)1-2-6(5)11/h1-3,7H. The van der Waals surface area contributed by atoms with E-state index in [1.54, 1.807) is 22.6 Å². The van der Waals surface area contributed by atoms with Crippen molar-refractivity contribution in [2.75, 3.05) is 0 Å². The van der Waals surface area contributed by atoms with Crippen LogP contribution in [0.4, 0.5) is 13.2 Å². The van der Waals surface area contributed by atoms with Crippen LogP contribution in [0.2, 0.25) is 0 Å². The van der Waals surface area contributed by atoms with Crippen LogP contribution in [0.5, 0.6) is 5.75 Å². The second kappa shape index (κ2) is 3.97. The molecule has 1 aromatic rings. The largest absolute Gasteiger partial charge is 0.435 e. The Labute approximate surface area is 80.7 Å². The molecule has 5 heteroatoms. The smallest absolute Gasteiger partial charge is 0.387 e. The zero-order valence-corrected chi connectivity index (χ0v) is 7.89. The van der Waals surface area contributed by atoms with Crippen molar-refractivity contribution in [3.8, 4) is 5.75 Å². The molecule has 0 aromatic heterocycles. The van der Waals surface area contributed by atoms with Gasteiger partial charge in [-0.1, -0.05) is 0 Å². The summed E-state index contributed by atoms with van der Waals surface area (Å²) < 4.78 is 40.3. The van der Waals surface area contributed by atoms with E-state index in [-0.39, 0.29) is 5.75 Å². The van der Waals surface area contributed by atoms with Crippen molar-refractivity contribution in [2.45, 2.75) is 6.61 Å². The van der Waals surface area contributed by atoms with E-state index < -0.39 is 12.4 Å². The third-order valence-electron chi connectivity index (χ3n) is 1.12. The van der Waals surface area contributed by atoms with Gasteiger partial charge < -0.3 is 4.74 Å². The number of halogens is 4. The summed E-state index contributed by atoms with van der Waals surface area (Å²) in [4.78, 5) is 0. The Morgan fingerprint density at radius 3 is 2.50 bits per heavy atom. The molecule has 66 valence electrons. The molecule has 0 bridgehead atoms. The molecule has 0 amide bonds. The Balaban J connectivity index is 2.82. The second-order valence-electron chi connectivity index (χ2n) is 1.95. The Kier molecular flexibility index (Phi) is 3.19. The van der Waals surface area contributed by atoms with Gasteiger partial charge in [-0.25, -0.2) is 4.39 Å². The molecule has 0 fully saturated rings. The Morgan fingerprint density at radius 2 is 2.00 bits per heavy atom. The number of hydrogen-bond acceptors (Lipinski definition) is 1. The molecule has 12 heavy (non-hydrogen) atoms. The Bertz CT molecular complexity index is 277. The molecule has 0 heterocycles. The van der Waals surface area contributed by atoms with Crippen LogP contribution in [0.25, 0.3) is 0 Å². The molecule has 0 aliphatic carbocycles. The summed E-state index contributed by atoms with van der Waals surface area (Å²) >= 11 is 1.76. The molecular formula is C7H4F3IO. The molecule has 0 aliphatic rings. The molecule has 0 spiro atoms. The summed E-state index contributed by atoms with van der Waals surface area (Å²) in [5, 5.41) is 0. The maximum atomic E-state index is 12.7. The molecule has 1 rings (SSSR count). The van der Waals surface area contributed by atoms with Crippen LogP contribution in [-0.2, 0) is 0 Å². The van der Waals surface area contributed by atoms with E-state index in [0.717, 1.165) is 6.07 Å². The zero-order chi connectivity index (χ0) is 9.14. The van der Waals surface area contributed by atoms with Gasteiger partial charge in [0.2, 0.25) is 0 Å². The van der Waals surface area contributed by atoms with Crippen molar-refractivity contribution < 1.29 is 17.9 Å². The summed E-state index contributed by atoms with van der Waals surface area (Å²) in [7, 11) is 0. The predicted molar refractivity (Wildman–Crippen MR) is 45.7 cm³/mol. The van der Waals surface area contributed by atoms with Gasteiger partial charge >= 0.3 is 6.61 Å². The fraction of sp³-hybridized carbons (Fsp3) is 0.143. The van der Waals surface area contributed by atoms with Crippen molar-refractivity contribution in [2.24, 2.45) is 0 Å². The Hall–Kier alpha value is -0.460. The lowest BCUT2D eigenvalue weighted by atomic mass is 10.3. The number of benzene rings is 1. The molecule has 0 saturated carbocycles. The second-order valence-corrected chi connectivity index (χ2v) is 3.12. The summed E-state index contributed by atoms with van der Waals surface area (Å²) in [6.07, 6.45) is 0. The average molecular weight is 288 g/mol. The minimum Gasteiger partial charge on any atom is -0.435 e. The van der Waals surface area contributed by atoms with E-state index in [2.05, 4.69) is 4.74 Å². The summed E-state index contributed by atoms with van der Waals surface area (Å²) in [6.45, 7) is -2.91. The van der Waals surface area contributed by atoms with Crippen LogP contribution < -0.4 is 4.74 Å². The number of alkyl halides is 2. The van der Waals surface area contributed by atoms with Gasteiger partial charge in [0.15, 0.2) is 0 Å². The first-order valence-corrected chi connectivity index (χ1v) is 4.07. The lowest BCUT2D eigenvalue weighted by Crippen LogP contribution is -2.02. The molecule has 0 N–H and O–H groups in total. The third-order valence-corrected chi connectivity index (χ3v) is 1.99. The SMILES string of the molecule is Fc1cc(OC(F)F)ccc1I. The molecule has 0 unspecified atom stereocenters. The van der Waals surface area contributed by atoms with E-state index in [0.29, 0.717) is 3.57 Å². The van der Waals surface area contributed by atoms with Gasteiger partial charge in [0.25, 0.3) is 0 Å². The van der Waals surface area contributed by atoms with E-state index in [9.17, 15) is 13.2 Å². The van der Waals surface area contributed by atoms with E-state index in [4.69, 9.17) is 0 Å². The highest BCUT2D eigenvalue weighted by atomic mass is 127. The molecule has 0 radical (unpaired) electrons. The average Bonchev–Trinajstić information content (AvgIpc) is 1.96. The first-order chi connectivity index (χ1) is 5.59. The lowest BCUT2D eigenvalue weighted by Gasteiger charge is -2.03. The summed E-state index contributed by atoms with van der Waals surface area (Å²) in [5.41, 5.74) is 0. The molecule has 0 atom stereocenters. The number of ether oxygens (including phenoxy) is 1. The van der Waals surface area contributed by atoms with E-state index in [1.165, 1.54) is 12.1 Å². The fourth-order valence-electron chi connectivity index (χ4n) is 0.653. The maximum Gasteiger partial charge on any atom is 0.387 e. The minimum atomic E-state index is -2.91. The van der Waals surface area contributed by atoms with E-state index >= 15 is 0 Å². The van der Waals surface area contributed by atoms with Gasteiger partial charge in [0.1, 0.15) is 11.6 Å². The van der Waals surface area contributed by atoms with Crippen molar-refractivity contribution in [1.82, 2.24) is 0 Å². The van der Waals surface area contributed by atoms with Gasteiger partial charge in [-0.05, 0) is 34.7 Å². The van der Waals surface area contributed by atoms with Crippen LogP contribution in [0.1, 0.15) is 0 Å². The van der Waals surface area contributed by atoms with Crippen LogP contribution in [0, 0.1) is 9.39 Å². The van der Waals surface area contributed by atoms with Crippen molar-refractivity contribution >= 4 is 22.6 Å². The van der Waals surface area contributed by atoms with E-state index in [1.807, 2.05) is 0 Å². The normalized spacial score (nSPS) is 10.4. The highest BCUT2D eigenvalue weighted by Crippen LogP contribution is 2.19. The third kappa shape index (κ3) is 2.54. The van der Waals surface area contributed by atoms with Crippen LogP contribution in [-0.4, -0.2) is 6.61 Å². The first-order valence-electron chi connectivity index (χ1n) is 2.99. The van der Waals surface area contributed by atoms with Gasteiger partial charge in [-0.3, -0.25) is 0 Å². The van der Waals surface area contributed by atoms with Crippen LogP contribution >= 0.6 is 22.6 Å². The topological polar surface area (TPSA) is 9.23 Å². The first kappa shape index (κ1) is 9.63. The summed E-state index contributed by atoms with van der Waals surface area (Å²) in [6, 6.07) is 3.58. The molecule has 1 aromatic carbocycles. The number of rotatable bonds is 2. The Morgan fingerprint density at radius 1 is 1.33 bits per heavy atom. The van der Waals surface area contributed by atoms with Crippen molar-refractivity contribution in [3.63, 3.8) is 0 Å². The summed E-state index contributed by atoms with van der Waals surface area (Å²) in [5.74, 6) is -0.725. The van der Waals surface area contributed by atoms with Gasteiger partial charge in [0, 0.05) is 9.64 Å². The van der Waals surface area contributed by atoms with Gasteiger partial charge in [-0.2, -0.15) is 8.78 Å². The molecule has 0 saturated heterocycles. The highest BCUT2D eigenvalue weighted by molar-refractivity contribution is 14.1. The predicted octanol–water partition coefficient (Wildman–Crippen LogP) is 3.03. The number of hydrogen-bond donors (Lipinski definition) is 0. The van der Waals surface area contributed by atoms with Crippen molar-refractivity contribution in [3.05, 3.63) is 27.6 Å². The van der Waals surface area contributed by atoms with Crippen LogP contribution in [0.15, 0.2) is 18.2 Å². The molecular weight excluding hydrogens is 284 g/mol. The quantitative estimate of drug-likeness (QED) is 0.760. The lowest BCUT2D eigenvalue weighted by molar-refractivity contribution is -0.0500. The fourth-order valence-corrected chi connectivity index (χ4v) is 0.989.